The van der Waals surface area contributed by atoms with Gasteiger partial charge in [0.05, 0.1) is 5.92 Å². The first-order chi connectivity index (χ1) is 10.7. The fraction of sp³-hybridized carbons (Fsp3) is 0.867. The molecule has 2 unspecified atom stereocenters. The smallest absolute Gasteiger partial charge is 0.342 e. The average Bonchev–Trinajstić information content (AvgIpc) is 2.50. The number of nitrogens with zero attached hydrogens (tertiary/aromatic N) is 2. The highest BCUT2D eigenvalue weighted by Gasteiger charge is 2.37. The monoisotopic (exact) mass is 337 g/mol. The Hall–Kier alpha value is -1.31. The number of piperidine rings is 1. The van der Waals surface area contributed by atoms with Gasteiger partial charge in [-0.05, 0) is 26.8 Å². The molecule has 1 N–H and O–H groups in total. The molecule has 0 saturated carbocycles. The van der Waals surface area contributed by atoms with Gasteiger partial charge in [-0.15, -0.1) is 0 Å². The number of hydrogen-bond donors (Lipinski definition) is 1. The Morgan fingerprint density at radius 3 is 2.57 bits per heavy atom. The number of amides is 2. The Morgan fingerprint density at radius 2 is 2.04 bits per heavy atom. The van der Waals surface area contributed by atoms with E-state index >= 15 is 0 Å². The van der Waals surface area contributed by atoms with E-state index < -0.39 is 24.5 Å². The minimum atomic E-state index is -4.41. The van der Waals surface area contributed by atoms with Crippen molar-refractivity contribution in [2.45, 2.75) is 32.9 Å². The maximum absolute atomic E-state index is 12.6. The van der Waals surface area contributed by atoms with Crippen molar-refractivity contribution >= 4 is 11.8 Å². The molecule has 2 atom stereocenters. The van der Waals surface area contributed by atoms with Gasteiger partial charge in [0.25, 0.3) is 0 Å². The van der Waals surface area contributed by atoms with Crippen molar-refractivity contribution in [1.82, 2.24) is 15.1 Å². The Labute approximate surface area is 135 Å². The van der Waals surface area contributed by atoms with E-state index in [1.165, 1.54) is 6.92 Å². The molecular formula is C15H26F3N3O2. The molecule has 1 rings (SSSR count). The molecule has 2 amide bonds. The van der Waals surface area contributed by atoms with Gasteiger partial charge in [0.2, 0.25) is 11.8 Å². The van der Waals surface area contributed by atoms with E-state index in [-0.39, 0.29) is 24.9 Å². The van der Waals surface area contributed by atoms with Crippen molar-refractivity contribution < 1.29 is 22.8 Å². The van der Waals surface area contributed by atoms with E-state index in [0.29, 0.717) is 25.9 Å². The van der Waals surface area contributed by atoms with Crippen LogP contribution in [0.4, 0.5) is 13.2 Å². The van der Waals surface area contributed by atoms with Crippen LogP contribution in [0.1, 0.15) is 26.7 Å². The van der Waals surface area contributed by atoms with Crippen molar-refractivity contribution in [1.29, 1.82) is 0 Å². The highest BCUT2D eigenvalue weighted by molar-refractivity contribution is 5.82. The first-order valence-corrected chi connectivity index (χ1v) is 7.98. The van der Waals surface area contributed by atoms with Crippen molar-refractivity contribution in [3.05, 3.63) is 0 Å². The number of carbonyl (C=O) groups excluding carboxylic acids is 2. The van der Waals surface area contributed by atoms with Crippen LogP contribution in [0.3, 0.4) is 0 Å². The van der Waals surface area contributed by atoms with Crippen LogP contribution in [-0.2, 0) is 9.59 Å². The summed E-state index contributed by atoms with van der Waals surface area (Å²) in [4.78, 5) is 27.1. The van der Waals surface area contributed by atoms with Crippen LogP contribution in [0.15, 0.2) is 0 Å². The zero-order valence-corrected chi connectivity index (χ0v) is 13.9. The minimum absolute atomic E-state index is 0.0128. The number of halogens is 3. The summed E-state index contributed by atoms with van der Waals surface area (Å²) in [5, 5.41) is 2.93. The molecule has 134 valence electrons. The van der Waals surface area contributed by atoms with Crippen LogP contribution < -0.4 is 5.32 Å². The summed E-state index contributed by atoms with van der Waals surface area (Å²) >= 11 is 0. The lowest BCUT2D eigenvalue weighted by Gasteiger charge is -2.36. The van der Waals surface area contributed by atoms with Crippen molar-refractivity contribution in [3.8, 4) is 0 Å². The zero-order chi connectivity index (χ0) is 17.6. The molecule has 8 heteroatoms. The topological polar surface area (TPSA) is 52.7 Å². The van der Waals surface area contributed by atoms with Gasteiger partial charge in [0.1, 0.15) is 6.54 Å². The lowest BCUT2D eigenvalue weighted by Crippen LogP contribution is -2.50. The van der Waals surface area contributed by atoms with Crippen LogP contribution >= 0.6 is 0 Å². The largest absolute Gasteiger partial charge is 0.406 e. The molecule has 0 spiro atoms. The van der Waals surface area contributed by atoms with Crippen LogP contribution in [-0.4, -0.2) is 67.6 Å². The number of rotatable bonds is 6. The number of hydrogen-bond acceptors (Lipinski definition) is 3. The molecule has 0 radical (unpaired) electrons. The fourth-order valence-corrected chi connectivity index (χ4v) is 2.90. The SMILES string of the molecule is CCN(CC(F)(F)F)C(=O)C1CCCN(C(=O)C(C)CNC)C1. The second-order valence-corrected chi connectivity index (χ2v) is 6.05. The van der Waals surface area contributed by atoms with E-state index in [2.05, 4.69) is 5.32 Å². The molecule has 0 aliphatic carbocycles. The van der Waals surface area contributed by atoms with Gasteiger partial charge in [-0.2, -0.15) is 13.2 Å². The molecule has 0 bridgehead atoms. The molecule has 1 heterocycles. The first kappa shape index (κ1) is 19.7. The summed E-state index contributed by atoms with van der Waals surface area (Å²) in [6.07, 6.45) is -3.24. The minimum Gasteiger partial charge on any atom is -0.342 e. The predicted octanol–water partition coefficient (Wildman–Crippen LogP) is 1.49. The molecule has 23 heavy (non-hydrogen) atoms. The van der Waals surface area contributed by atoms with Gasteiger partial charge in [0.15, 0.2) is 0 Å². The Balaban J connectivity index is 2.69. The van der Waals surface area contributed by atoms with E-state index in [1.807, 2.05) is 0 Å². The average molecular weight is 337 g/mol. The number of alkyl halides is 3. The summed E-state index contributed by atoms with van der Waals surface area (Å²) in [5.41, 5.74) is 0. The zero-order valence-electron chi connectivity index (χ0n) is 13.9. The maximum Gasteiger partial charge on any atom is 0.406 e. The van der Waals surface area contributed by atoms with Crippen LogP contribution in [0.5, 0.6) is 0 Å². The van der Waals surface area contributed by atoms with Gasteiger partial charge in [0, 0.05) is 32.1 Å². The second-order valence-electron chi connectivity index (χ2n) is 6.05. The highest BCUT2D eigenvalue weighted by Crippen LogP contribution is 2.23. The predicted molar refractivity (Wildman–Crippen MR) is 80.7 cm³/mol. The second kappa shape index (κ2) is 8.52. The Morgan fingerprint density at radius 1 is 1.39 bits per heavy atom. The number of likely N-dealkylation sites (tertiary alicyclic amines) is 1. The summed E-state index contributed by atoms with van der Waals surface area (Å²) in [6, 6.07) is 0. The van der Waals surface area contributed by atoms with E-state index in [1.54, 1.807) is 18.9 Å². The molecule has 5 nitrogen and oxygen atoms in total. The molecule has 0 aromatic rings. The van der Waals surface area contributed by atoms with Crippen molar-refractivity contribution in [3.63, 3.8) is 0 Å². The number of carbonyl (C=O) groups is 2. The van der Waals surface area contributed by atoms with Gasteiger partial charge >= 0.3 is 6.18 Å². The normalized spacial score (nSPS) is 20.3. The summed E-state index contributed by atoms with van der Waals surface area (Å²) in [5.74, 6) is -1.33. The van der Waals surface area contributed by atoms with E-state index in [0.717, 1.165) is 4.90 Å². The third-order valence-corrected chi connectivity index (χ3v) is 4.08. The molecule has 1 aliphatic rings. The van der Waals surface area contributed by atoms with Gasteiger partial charge in [-0.1, -0.05) is 6.92 Å². The van der Waals surface area contributed by atoms with Crippen molar-refractivity contribution in [2.75, 3.05) is 39.8 Å². The maximum atomic E-state index is 12.6. The molecule has 0 aromatic carbocycles. The van der Waals surface area contributed by atoms with E-state index in [9.17, 15) is 22.8 Å². The van der Waals surface area contributed by atoms with Crippen LogP contribution in [0.25, 0.3) is 0 Å². The lowest BCUT2D eigenvalue weighted by molar-refractivity contribution is -0.165. The first-order valence-electron chi connectivity index (χ1n) is 7.98. The lowest BCUT2D eigenvalue weighted by atomic mass is 9.95. The van der Waals surface area contributed by atoms with Gasteiger partial charge in [-0.3, -0.25) is 9.59 Å². The molecule has 1 aliphatic heterocycles. The molecule has 1 fully saturated rings. The highest BCUT2D eigenvalue weighted by atomic mass is 19.4. The van der Waals surface area contributed by atoms with Crippen LogP contribution in [0, 0.1) is 11.8 Å². The number of nitrogens with one attached hydrogen (secondary N) is 1. The Bertz CT molecular complexity index is 415. The summed E-state index contributed by atoms with van der Waals surface area (Å²) in [7, 11) is 1.75. The summed E-state index contributed by atoms with van der Waals surface area (Å²) in [6.45, 7) is 3.41. The Kier molecular flexibility index (Phi) is 7.31. The summed E-state index contributed by atoms with van der Waals surface area (Å²) < 4.78 is 37.7. The third-order valence-electron chi connectivity index (χ3n) is 4.08. The molecular weight excluding hydrogens is 311 g/mol. The third kappa shape index (κ3) is 6.01. The van der Waals surface area contributed by atoms with Gasteiger partial charge in [-0.25, -0.2) is 0 Å². The van der Waals surface area contributed by atoms with Crippen molar-refractivity contribution in [2.24, 2.45) is 11.8 Å². The van der Waals surface area contributed by atoms with E-state index in [4.69, 9.17) is 0 Å². The standard InChI is InChI=1S/C15H26F3N3O2/c1-4-20(10-15(16,17)18)14(23)12-6-5-7-21(9-12)13(22)11(2)8-19-3/h11-12,19H,4-10H2,1-3H3. The fourth-order valence-electron chi connectivity index (χ4n) is 2.90. The quantitative estimate of drug-likeness (QED) is 0.799. The van der Waals surface area contributed by atoms with Gasteiger partial charge < -0.3 is 15.1 Å². The van der Waals surface area contributed by atoms with Crippen LogP contribution in [0.2, 0.25) is 0 Å². The molecule has 1 saturated heterocycles. The molecule has 0 aromatic heterocycles.